The van der Waals surface area contributed by atoms with Gasteiger partial charge in [-0.15, -0.1) is 0 Å². The van der Waals surface area contributed by atoms with Gasteiger partial charge in [-0.3, -0.25) is 4.79 Å². The first-order valence-corrected chi connectivity index (χ1v) is 9.59. The van der Waals surface area contributed by atoms with E-state index in [1.165, 1.54) is 6.33 Å². The number of nitrogens with one attached hydrogen (secondary N) is 1. The molecule has 9 heteroatoms. The van der Waals surface area contributed by atoms with E-state index in [2.05, 4.69) is 20.4 Å². The van der Waals surface area contributed by atoms with Crippen LogP contribution in [0.4, 0.5) is 5.82 Å². The number of nitrogens with two attached hydrogens (primary N) is 1. The third-order valence-electron chi connectivity index (χ3n) is 4.55. The summed E-state index contributed by atoms with van der Waals surface area (Å²) in [5.74, 6) is 1.44. The molecule has 4 aromatic rings. The van der Waals surface area contributed by atoms with E-state index in [9.17, 15) is 4.79 Å². The van der Waals surface area contributed by atoms with E-state index in [0.29, 0.717) is 41.4 Å². The number of nitrogens with zero attached hydrogens (tertiary/aromatic N) is 5. The molecule has 0 saturated heterocycles. The van der Waals surface area contributed by atoms with Gasteiger partial charge in [0.2, 0.25) is 5.91 Å². The number of ether oxygens (including phenoxy) is 1. The molecule has 0 aliphatic rings. The summed E-state index contributed by atoms with van der Waals surface area (Å²) in [6.07, 6.45) is 1.20. The van der Waals surface area contributed by atoms with Crippen LogP contribution in [-0.2, 0) is 11.3 Å². The highest BCUT2D eigenvalue weighted by Gasteiger charge is 2.17. The van der Waals surface area contributed by atoms with Gasteiger partial charge in [0.1, 0.15) is 35.8 Å². The Morgan fingerprint density at radius 1 is 1.10 bits per heavy atom. The van der Waals surface area contributed by atoms with Crippen LogP contribution in [0.3, 0.4) is 0 Å². The third kappa shape index (κ3) is 4.43. The van der Waals surface area contributed by atoms with Gasteiger partial charge in [0.25, 0.3) is 0 Å². The summed E-state index contributed by atoms with van der Waals surface area (Å²) < 4.78 is 7.51. The van der Waals surface area contributed by atoms with Crippen LogP contribution in [0.15, 0.2) is 60.9 Å². The number of hydrogen-bond acceptors (Lipinski definition) is 7. The van der Waals surface area contributed by atoms with Gasteiger partial charge >= 0.3 is 0 Å². The predicted octanol–water partition coefficient (Wildman–Crippen LogP) is 2.90. The quantitative estimate of drug-likeness (QED) is 0.476. The summed E-state index contributed by atoms with van der Waals surface area (Å²) in [5, 5.41) is 16.6. The lowest BCUT2D eigenvalue weighted by Crippen LogP contribution is -2.27. The van der Waals surface area contributed by atoms with Crippen molar-refractivity contribution in [2.24, 2.45) is 0 Å². The summed E-state index contributed by atoms with van der Waals surface area (Å²) >= 11 is 0. The lowest BCUT2D eigenvalue weighted by molar-refractivity contribution is -0.120. The molecule has 0 fully saturated rings. The molecule has 2 heterocycles. The lowest BCUT2D eigenvalue weighted by atomic mass is 10.1. The molecule has 9 nitrogen and oxygen atoms in total. The number of benzene rings is 2. The molecular weight excluding hydrogens is 394 g/mol. The molecule has 0 spiro atoms. The lowest BCUT2D eigenvalue weighted by Gasteiger charge is -2.06. The molecule has 31 heavy (non-hydrogen) atoms. The maximum atomic E-state index is 11.5. The average Bonchev–Trinajstić information content (AvgIpc) is 3.15. The zero-order valence-corrected chi connectivity index (χ0v) is 16.5. The van der Waals surface area contributed by atoms with E-state index in [4.69, 9.17) is 15.7 Å². The fourth-order valence-electron chi connectivity index (χ4n) is 3.13. The van der Waals surface area contributed by atoms with E-state index in [1.54, 1.807) is 4.68 Å². The molecule has 154 valence electrons. The van der Waals surface area contributed by atoms with Crippen LogP contribution in [0.25, 0.3) is 22.3 Å². The van der Waals surface area contributed by atoms with E-state index < -0.39 is 0 Å². The minimum atomic E-state index is -0.331. The maximum Gasteiger partial charge on any atom is 0.234 e. The number of aromatic nitrogens is 4. The fourth-order valence-corrected chi connectivity index (χ4v) is 3.13. The van der Waals surface area contributed by atoms with Crippen molar-refractivity contribution >= 4 is 22.8 Å². The summed E-state index contributed by atoms with van der Waals surface area (Å²) in [4.78, 5) is 19.9. The summed E-state index contributed by atoms with van der Waals surface area (Å²) in [6.45, 7) is 0.684. The average molecular weight is 413 g/mol. The van der Waals surface area contributed by atoms with Gasteiger partial charge < -0.3 is 15.8 Å². The second kappa shape index (κ2) is 8.92. The molecule has 0 bridgehead atoms. The van der Waals surface area contributed by atoms with Gasteiger partial charge in [-0.05, 0) is 36.4 Å². The van der Waals surface area contributed by atoms with Crippen molar-refractivity contribution in [1.29, 1.82) is 5.26 Å². The number of amides is 1. The number of rotatable bonds is 7. The monoisotopic (exact) mass is 413 g/mol. The third-order valence-corrected chi connectivity index (χ3v) is 4.55. The number of carbonyl (C=O) groups is 1. The molecule has 4 rings (SSSR count). The molecule has 2 aromatic carbocycles. The van der Waals surface area contributed by atoms with Crippen molar-refractivity contribution in [3.63, 3.8) is 0 Å². The Hall–Kier alpha value is -4.45. The van der Waals surface area contributed by atoms with Crippen LogP contribution in [0, 0.1) is 11.3 Å². The molecule has 0 saturated carbocycles. The summed E-state index contributed by atoms with van der Waals surface area (Å²) in [6, 6.07) is 18.8. The van der Waals surface area contributed by atoms with Crippen molar-refractivity contribution in [3.05, 3.63) is 60.9 Å². The van der Waals surface area contributed by atoms with Crippen molar-refractivity contribution in [1.82, 2.24) is 25.1 Å². The van der Waals surface area contributed by atoms with Crippen LogP contribution in [0.5, 0.6) is 11.5 Å². The van der Waals surface area contributed by atoms with Crippen LogP contribution < -0.4 is 15.8 Å². The van der Waals surface area contributed by atoms with Gasteiger partial charge in [0.05, 0.1) is 18.0 Å². The molecule has 0 atom stereocenters. The van der Waals surface area contributed by atoms with Crippen LogP contribution in [0.2, 0.25) is 0 Å². The van der Waals surface area contributed by atoms with Gasteiger partial charge in [-0.1, -0.05) is 18.2 Å². The van der Waals surface area contributed by atoms with E-state index in [1.807, 2.05) is 60.7 Å². The fraction of sp³-hybridized carbons (Fsp3) is 0.136. The molecule has 2 aromatic heterocycles. The van der Waals surface area contributed by atoms with Crippen molar-refractivity contribution in [2.75, 3.05) is 12.3 Å². The van der Waals surface area contributed by atoms with Crippen molar-refractivity contribution in [3.8, 4) is 28.8 Å². The normalized spacial score (nSPS) is 10.5. The van der Waals surface area contributed by atoms with Gasteiger partial charge in [-0.25, -0.2) is 14.6 Å². The van der Waals surface area contributed by atoms with Gasteiger partial charge in [-0.2, -0.15) is 10.4 Å². The zero-order valence-electron chi connectivity index (χ0n) is 16.5. The maximum absolute atomic E-state index is 11.5. The number of nitriles is 1. The number of para-hydroxylation sites is 1. The minimum absolute atomic E-state index is 0.183. The Balaban J connectivity index is 1.60. The minimum Gasteiger partial charge on any atom is -0.457 e. The number of hydrogen-bond donors (Lipinski definition) is 2. The van der Waals surface area contributed by atoms with Crippen LogP contribution in [0.1, 0.15) is 6.42 Å². The second-order valence-electron chi connectivity index (χ2n) is 6.65. The van der Waals surface area contributed by atoms with Crippen LogP contribution in [-0.4, -0.2) is 32.2 Å². The number of carbonyl (C=O) groups excluding carboxylic acids is 1. The van der Waals surface area contributed by atoms with Gasteiger partial charge in [0.15, 0.2) is 5.65 Å². The highest BCUT2D eigenvalue weighted by atomic mass is 16.5. The molecule has 0 aliphatic heterocycles. The van der Waals surface area contributed by atoms with E-state index in [-0.39, 0.29) is 12.3 Å². The van der Waals surface area contributed by atoms with Crippen molar-refractivity contribution in [2.45, 2.75) is 13.0 Å². The zero-order chi connectivity index (χ0) is 21.6. The van der Waals surface area contributed by atoms with Crippen LogP contribution >= 0.6 is 0 Å². The van der Waals surface area contributed by atoms with Gasteiger partial charge in [0, 0.05) is 12.1 Å². The summed E-state index contributed by atoms with van der Waals surface area (Å²) in [7, 11) is 0. The first kappa shape index (κ1) is 19.8. The number of fused-ring (bicyclic) bond motifs is 1. The summed E-state index contributed by atoms with van der Waals surface area (Å²) in [5.41, 5.74) is 8.17. The second-order valence-corrected chi connectivity index (χ2v) is 6.65. The Morgan fingerprint density at radius 3 is 2.58 bits per heavy atom. The first-order valence-electron chi connectivity index (χ1n) is 9.59. The smallest absolute Gasteiger partial charge is 0.234 e. The molecule has 1 amide bonds. The SMILES string of the molecule is N#CCC(=O)NCCn1nc(-c2ccc(Oc3ccccc3)cc2)c2c(N)ncnc21. The highest BCUT2D eigenvalue weighted by molar-refractivity contribution is 5.98. The Bertz CT molecular complexity index is 1240. The predicted molar refractivity (Wildman–Crippen MR) is 115 cm³/mol. The molecule has 0 aliphatic carbocycles. The van der Waals surface area contributed by atoms with E-state index >= 15 is 0 Å². The molecule has 0 radical (unpaired) electrons. The molecular formula is C22H19N7O2. The molecule has 3 N–H and O–H groups in total. The number of nitrogen functional groups attached to an aromatic ring is 1. The Morgan fingerprint density at radius 2 is 1.84 bits per heavy atom. The first-order chi connectivity index (χ1) is 15.2. The number of anilines is 1. The van der Waals surface area contributed by atoms with Crippen molar-refractivity contribution < 1.29 is 9.53 Å². The largest absolute Gasteiger partial charge is 0.457 e. The molecule has 0 unspecified atom stereocenters. The Kier molecular flexibility index (Phi) is 5.71. The van der Waals surface area contributed by atoms with E-state index in [0.717, 1.165) is 11.3 Å². The topological polar surface area (TPSA) is 132 Å². The highest BCUT2D eigenvalue weighted by Crippen LogP contribution is 2.31. The Labute approximate surface area is 178 Å². The standard InChI is InChI=1S/C22H19N7O2/c23-11-10-18(30)25-12-13-29-22-19(21(24)26-14-27-22)20(28-29)15-6-8-17(9-7-15)31-16-4-2-1-3-5-16/h1-9,14H,10,12-13H2,(H,25,30)(H2,24,26,27).